The number of ether oxygens (including phenoxy) is 3. The Hall–Kier alpha value is -3.31. The molecule has 0 aliphatic heterocycles. The van der Waals surface area contributed by atoms with Crippen LogP contribution in [-0.2, 0) is 14.8 Å². The third-order valence-corrected chi connectivity index (χ3v) is 5.84. The number of sulfonamides is 1. The van der Waals surface area contributed by atoms with Crippen LogP contribution in [0.25, 0.3) is 0 Å². The smallest absolute Gasteiger partial charge is 0.255 e. The molecule has 30 heavy (non-hydrogen) atoms. The molecule has 0 heterocycles. The lowest BCUT2D eigenvalue weighted by Crippen LogP contribution is -2.36. The van der Waals surface area contributed by atoms with Crippen molar-refractivity contribution in [3.8, 4) is 23.0 Å². The van der Waals surface area contributed by atoms with Crippen molar-refractivity contribution >= 4 is 22.1 Å². The Morgan fingerprint density at radius 2 is 1.73 bits per heavy atom. The van der Waals surface area contributed by atoms with Gasteiger partial charge in [0.1, 0.15) is 0 Å². The average Bonchev–Trinajstić information content (AvgIpc) is 2.74. The number of methoxy groups -OCH3 is 3. The quantitative estimate of drug-likeness (QED) is 0.446. The standard InChI is InChI=1S/C19H23N3O7S/c1-22(30(25,26)14-6-8-16(27-2)18(10-14)29-4)12-19(24)21-20-11-13-5-7-15(23)17(9-13)28-3/h5-11,23H,12H2,1-4H3,(H,21,24)/b20-11-. The van der Waals surface area contributed by atoms with Crippen LogP contribution in [0.15, 0.2) is 46.4 Å². The molecule has 10 nitrogen and oxygen atoms in total. The number of benzene rings is 2. The van der Waals surface area contributed by atoms with Gasteiger partial charge in [-0.1, -0.05) is 0 Å². The monoisotopic (exact) mass is 437 g/mol. The van der Waals surface area contributed by atoms with Crippen molar-refractivity contribution in [2.75, 3.05) is 34.9 Å². The third-order valence-electron chi connectivity index (χ3n) is 4.04. The van der Waals surface area contributed by atoms with E-state index in [-0.39, 0.29) is 22.1 Å². The molecular formula is C19H23N3O7S. The molecule has 0 saturated carbocycles. The fraction of sp³-hybridized carbons (Fsp3) is 0.263. The second-order valence-electron chi connectivity index (χ2n) is 6.00. The van der Waals surface area contributed by atoms with Crippen molar-refractivity contribution in [2.45, 2.75) is 4.90 Å². The Bertz CT molecular complexity index is 1040. The topological polar surface area (TPSA) is 127 Å². The van der Waals surface area contributed by atoms with Crippen molar-refractivity contribution in [3.05, 3.63) is 42.0 Å². The molecule has 11 heteroatoms. The van der Waals surface area contributed by atoms with Gasteiger partial charge in [0, 0.05) is 13.1 Å². The molecule has 1 amide bonds. The van der Waals surface area contributed by atoms with Gasteiger partial charge in [-0.05, 0) is 35.9 Å². The summed E-state index contributed by atoms with van der Waals surface area (Å²) in [6.07, 6.45) is 1.34. The SMILES string of the molecule is COc1cc(/C=N\NC(=O)CN(C)S(=O)(=O)c2ccc(OC)c(OC)c2)ccc1O. The molecule has 0 atom stereocenters. The highest BCUT2D eigenvalue weighted by atomic mass is 32.2. The summed E-state index contributed by atoms with van der Waals surface area (Å²) in [5.41, 5.74) is 2.82. The summed E-state index contributed by atoms with van der Waals surface area (Å²) in [7, 11) is 1.58. The van der Waals surface area contributed by atoms with Crippen LogP contribution in [0.5, 0.6) is 23.0 Å². The van der Waals surface area contributed by atoms with Gasteiger partial charge in [-0.15, -0.1) is 0 Å². The van der Waals surface area contributed by atoms with Gasteiger partial charge in [0.25, 0.3) is 5.91 Å². The summed E-state index contributed by atoms with van der Waals surface area (Å²) >= 11 is 0. The molecule has 162 valence electrons. The number of phenolic OH excluding ortho intramolecular Hbond substituents is 1. The van der Waals surface area contributed by atoms with E-state index in [2.05, 4.69) is 10.5 Å². The van der Waals surface area contributed by atoms with Crippen LogP contribution in [0, 0.1) is 0 Å². The van der Waals surface area contributed by atoms with Crippen molar-refractivity contribution in [1.82, 2.24) is 9.73 Å². The molecule has 0 unspecified atom stereocenters. The van der Waals surface area contributed by atoms with Crippen LogP contribution in [0.2, 0.25) is 0 Å². The molecule has 0 radical (unpaired) electrons. The molecule has 2 rings (SSSR count). The summed E-state index contributed by atoms with van der Waals surface area (Å²) in [4.78, 5) is 12.0. The van der Waals surface area contributed by atoms with Gasteiger partial charge in [0.2, 0.25) is 10.0 Å². The molecular weight excluding hydrogens is 414 g/mol. The highest BCUT2D eigenvalue weighted by molar-refractivity contribution is 7.89. The van der Waals surface area contributed by atoms with Crippen molar-refractivity contribution in [1.29, 1.82) is 0 Å². The minimum absolute atomic E-state index is 0.0271. The van der Waals surface area contributed by atoms with E-state index in [1.165, 1.54) is 64.9 Å². The normalized spacial score (nSPS) is 11.5. The molecule has 2 N–H and O–H groups in total. The van der Waals surface area contributed by atoms with E-state index >= 15 is 0 Å². The van der Waals surface area contributed by atoms with Crippen LogP contribution in [0.3, 0.4) is 0 Å². The van der Waals surface area contributed by atoms with E-state index in [1.54, 1.807) is 6.07 Å². The summed E-state index contributed by atoms with van der Waals surface area (Å²) in [6, 6.07) is 8.67. The Kier molecular flexibility index (Phi) is 7.61. The number of aromatic hydroxyl groups is 1. The number of nitrogens with zero attached hydrogens (tertiary/aromatic N) is 2. The van der Waals surface area contributed by atoms with Crippen molar-refractivity contribution in [2.24, 2.45) is 5.10 Å². The van der Waals surface area contributed by atoms with Crippen LogP contribution in [0.4, 0.5) is 0 Å². The number of amides is 1. The highest BCUT2D eigenvalue weighted by Gasteiger charge is 2.24. The van der Waals surface area contributed by atoms with Gasteiger partial charge in [-0.25, -0.2) is 13.8 Å². The van der Waals surface area contributed by atoms with E-state index in [0.717, 1.165) is 4.31 Å². The van der Waals surface area contributed by atoms with E-state index in [1.807, 2.05) is 0 Å². The summed E-state index contributed by atoms with van der Waals surface area (Å²) in [5, 5.41) is 13.3. The Morgan fingerprint density at radius 1 is 1.07 bits per heavy atom. The lowest BCUT2D eigenvalue weighted by Gasteiger charge is -2.17. The summed E-state index contributed by atoms with van der Waals surface area (Å²) in [6.45, 7) is -0.451. The molecule has 0 aliphatic carbocycles. The van der Waals surface area contributed by atoms with E-state index in [0.29, 0.717) is 11.3 Å². The number of likely N-dealkylation sites (N-methyl/N-ethyl adjacent to an activating group) is 1. The molecule has 2 aromatic rings. The van der Waals surface area contributed by atoms with Gasteiger partial charge in [0.15, 0.2) is 23.0 Å². The molecule has 0 bridgehead atoms. The molecule has 0 aromatic heterocycles. The maximum Gasteiger partial charge on any atom is 0.255 e. The minimum Gasteiger partial charge on any atom is -0.504 e. The first-order valence-corrected chi connectivity index (χ1v) is 10.0. The Balaban J connectivity index is 2.04. The zero-order valence-electron chi connectivity index (χ0n) is 16.9. The number of nitrogens with one attached hydrogen (secondary N) is 1. The first kappa shape index (κ1) is 23.0. The number of carbonyl (C=O) groups excluding carboxylic acids is 1. The number of hydrogen-bond donors (Lipinski definition) is 2. The van der Waals surface area contributed by atoms with Crippen molar-refractivity contribution in [3.63, 3.8) is 0 Å². The minimum atomic E-state index is -3.94. The fourth-order valence-corrected chi connectivity index (χ4v) is 3.58. The zero-order valence-corrected chi connectivity index (χ0v) is 17.8. The first-order chi connectivity index (χ1) is 14.2. The number of phenols is 1. The largest absolute Gasteiger partial charge is 0.504 e. The molecule has 2 aromatic carbocycles. The van der Waals surface area contributed by atoms with E-state index in [9.17, 15) is 18.3 Å². The number of carbonyl (C=O) groups is 1. The Morgan fingerprint density at radius 3 is 2.37 bits per heavy atom. The molecule has 0 saturated heterocycles. The predicted octanol–water partition coefficient (Wildman–Crippen LogP) is 1.19. The molecule has 0 fully saturated rings. The van der Waals surface area contributed by atoms with Gasteiger partial charge >= 0.3 is 0 Å². The lowest BCUT2D eigenvalue weighted by atomic mass is 10.2. The summed E-state index contributed by atoms with van der Waals surface area (Å²) < 4.78 is 41.5. The lowest BCUT2D eigenvalue weighted by molar-refractivity contribution is -0.121. The number of rotatable bonds is 9. The van der Waals surface area contributed by atoms with Gasteiger partial charge in [-0.3, -0.25) is 4.79 Å². The van der Waals surface area contributed by atoms with Gasteiger partial charge in [0.05, 0.1) is 39.0 Å². The first-order valence-electron chi connectivity index (χ1n) is 8.60. The second kappa shape index (κ2) is 9.94. The molecule has 0 aliphatic rings. The zero-order chi connectivity index (χ0) is 22.3. The van der Waals surface area contributed by atoms with Crippen LogP contribution >= 0.6 is 0 Å². The maximum atomic E-state index is 12.7. The van der Waals surface area contributed by atoms with Gasteiger partial charge < -0.3 is 19.3 Å². The fourth-order valence-electron chi connectivity index (χ4n) is 2.43. The second-order valence-corrected chi connectivity index (χ2v) is 8.05. The Labute approximate surface area is 174 Å². The number of hydrazone groups is 1. The van der Waals surface area contributed by atoms with E-state index in [4.69, 9.17) is 14.2 Å². The predicted molar refractivity (Wildman–Crippen MR) is 110 cm³/mol. The van der Waals surface area contributed by atoms with Crippen LogP contribution in [-0.4, -0.2) is 64.9 Å². The maximum absolute atomic E-state index is 12.7. The average molecular weight is 437 g/mol. The molecule has 0 spiro atoms. The van der Waals surface area contributed by atoms with Gasteiger partial charge in [-0.2, -0.15) is 9.41 Å². The van der Waals surface area contributed by atoms with Crippen molar-refractivity contribution < 1.29 is 32.5 Å². The van der Waals surface area contributed by atoms with Crippen LogP contribution in [0.1, 0.15) is 5.56 Å². The van der Waals surface area contributed by atoms with Crippen LogP contribution < -0.4 is 19.6 Å². The highest BCUT2D eigenvalue weighted by Crippen LogP contribution is 2.30. The third kappa shape index (κ3) is 5.39. The summed E-state index contributed by atoms with van der Waals surface area (Å²) in [5.74, 6) is 0.234. The van der Waals surface area contributed by atoms with E-state index < -0.39 is 22.5 Å². The number of hydrogen-bond acceptors (Lipinski definition) is 8.